The normalized spacial score (nSPS) is 25.7. The lowest BCUT2D eigenvalue weighted by atomic mass is 9.81. The van der Waals surface area contributed by atoms with Gasteiger partial charge >= 0.3 is 0 Å². The molecular formula is C23H25NO. The van der Waals surface area contributed by atoms with Crippen LogP contribution in [0.25, 0.3) is 0 Å². The van der Waals surface area contributed by atoms with Gasteiger partial charge in [-0.3, -0.25) is 9.69 Å². The van der Waals surface area contributed by atoms with Gasteiger partial charge in [0.15, 0.2) is 5.78 Å². The first-order valence-corrected chi connectivity index (χ1v) is 9.34. The summed E-state index contributed by atoms with van der Waals surface area (Å²) in [7, 11) is 0. The van der Waals surface area contributed by atoms with Gasteiger partial charge in [0, 0.05) is 31.1 Å². The molecule has 2 aromatic carbocycles. The second-order valence-electron chi connectivity index (χ2n) is 7.32. The van der Waals surface area contributed by atoms with E-state index in [9.17, 15) is 4.79 Å². The van der Waals surface area contributed by atoms with E-state index in [2.05, 4.69) is 47.4 Å². The third kappa shape index (κ3) is 3.59. The molecule has 0 unspecified atom stereocenters. The van der Waals surface area contributed by atoms with E-state index in [1.165, 1.54) is 12.0 Å². The second kappa shape index (κ2) is 7.37. The molecule has 2 aromatic rings. The van der Waals surface area contributed by atoms with Gasteiger partial charge < -0.3 is 0 Å². The Balaban J connectivity index is 1.49. The van der Waals surface area contributed by atoms with Crippen LogP contribution in [0.3, 0.4) is 0 Å². The predicted octanol–water partition coefficient (Wildman–Crippen LogP) is 4.73. The fraction of sp³-hybridized carbons (Fsp3) is 0.348. The zero-order valence-corrected chi connectivity index (χ0v) is 14.6. The first-order valence-electron chi connectivity index (χ1n) is 9.34. The lowest BCUT2D eigenvalue weighted by Gasteiger charge is -2.29. The third-order valence-corrected chi connectivity index (χ3v) is 5.69. The summed E-state index contributed by atoms with van der Waals surface area (Å²) in [4.78, 5) is 15.3. The van der Waals surface area contributed by atoms with Gasteiger partial charge in [0.1, 0.15) is 0 Å². The van der Waals surface area contributed by atoms with Crippen molar-refractivity contribution in [1.82, 2.24) is 4.90 Å². The van der Waals surface area contributed by atoms with Crippen LogP contribution in [-0.2, 0) is 6.54 Å². The molecule has 0 spiro atoms. The Labute approximate surface area is 150 Å². The molecule has 1 fully saturated rings. The number of allylic oxidation sites excluding steroid dienone is 1. The highest BCUT2D eigenvalue weighted by atomic mass is 16.1. The fourth-order valence-corrected chi connectivity index (χ4v) is 4.48. The number of Topliss-reactive ketones (excluding diaryl/α,β-unsaturated/α-hetero) is 1. The highest BCUT2D eigenvalue weighted by molar-refractivity contribution is 5.96. The van der Waals surface area contributed by atoms with Crippen molar-refractivity contribution in [2.24, 2.45) is 11.8 Å². The summed E-state index contributed by atoms with van der Waals surface area (Å²) < 4.78 is 0. The topological polar surface area (TPSA) is 20.3 Å². The number of likely N-dealkylation sites (tertiary alicyclic amines) is 1. The van der Waals surface area contributed by atoms with Crippen LogP contribution >= 0.6 is 0 Å². The second-order valence-corrected chi connectivity index (χ2v) is 7.32. The Morgan fingerprint density at radius 2 is 1.72 bits per heavy atom. The van der Waals surface area contributed by atoms with Gasteiger partial charge in [-0.2, -0.15) is 0 Å². The van der Waals surface area contributed by atoms with Crippen LogP contribution in [0.5, 0.6) is 0 Å². The largest absolute Gasteiger partial charge is 0.295 e. The van der Waals surface area contributed by atoms with Crippen LogP contribution in [-0.4, -0.2) is 23.3 Å². The Morgan fingerprint density at radius 3 is 2.48 bits per heavy atom. The molecule has 2 nitrogen and oxygen atoms in total. The summed E-state index contributed by atoms with van der Waals surface area (Å²) in [5.41, 5.74) is 2.21. The van der Waals surface area contributed by atoms with Crippen LogP contribution < -0.4 is 0 Å². The molecule has 0 amide bonds. The van der Waals surface area contributed by atoms with Crippen molar-refractivity contribution in [3.8, 4) is 0 Å². The Hall–Kier alpha value is -2.19. The quantitative estimate of drug-likeness (QED) is 0.583. The van der Waals surface area contributed by atoms with Gasteiger partial charge in [-0.1, -0.05) is 72.8 Å². The highest BCUT2D eigenvalue weighted by Gasteiger charge is 2.41. The molecule has 0 N–H and O–H groups in total. The van der Waals surface area contributed by atoms with Crippen molar-refractivity contribution in [3.05, 3.63) is 83.9 Å². The van der Waals surface area contributed by atoms with Crippen molar-refractivity contribution in [2.45, 2.75) is 31.8 Å². The van der Waals surface area contributed by atoms with Gasteiger partial charge in [0.05, 0.1) is 0 Å². The SMILES string of the molecule is O=C(C[C@@H]1CN(Cc2ccccc2)[C@@H]2CCC=C[C@H]12)c1ccccc1. The highest BCUT2D eigenvalue weighted by Crippen LogP contribution is 2.39. The number of benzene rings is 2. The van der Waals surface area contributed by atoms with Crippen molar-refractivity contribution in [3.63, 3.8) is 0 Å². The molecule has 3 atom stereocenters. The molecule has 1 aliphatic heterocycles. The average Bonchev–Trinajstić information content (AvgIpc) is 3.01. The zero-order valence-electron chi connectivity index (χ0n) is 14.6. The van der Waals surface area contributed by atoms with Crippen molar-refractivity contribution < 1.29 is 4.79 Å². The smallest absolute Gasteiger partial charge is 0.163 e. The molecule has 1 heterocycles. The standard InChI is InChI=1S/C23H25NO/c25-23(19-11-5-2-6-12-19)15-20-17-24(16-18-9-3-1-4-10-18)22-14-8-7-13-21(20)22/h1-7,9-13,20-22H,8,14-17H2/t20-,21-,22-/m1/s1. The summed E-state index contributed by atoms with van der Waals surface area (Å²) in [6.45, 7) is 2.01. The van der Waals surface area contributed by atoms with E-state index in [0.717, 1.165) is 25.1 Å². The monoisotopic (exact) mass is 331 g/mol. The van der Waals surface area contributed by atoms with Crippen molar-refractivity contribution in [1.29, 1.82) is 0 Å². The minimum Gasteiger partial charge on any atom is -0.295 e. The number of rotatable bonds is 5. The van der Waals surface area contributed by atoms with Crippen LogP contribution in [0.1, 0.15) is 35.2 Å². The third-order valence-electron chi connectivity index (χ3n) is 5.69. The minimum absolute atomic E-state index is 0.282. The maximum absolute atomic E-state index is 12.7. The minimum atomic E-state index is 0.282. The van der Waals surface area contributed by atoms with E-state index in [1.54, 1.807) is 0 Å². The molecule has 2 heteroatoms. The molecule has 0 radical (unpaired) electrons. The van der Waals surface area contributed by atoms with Gasteiger partial charge in [-0.15, -0.1) is 0 Å². The Kier molecular flexibility index (Phi) is 4.80. The van der Waals surface area contributed by atoms with E-state index < -0.39 is 0 Å². The molecule has 0 saturated carbocycles. The number of fused-ring (bicyclic) bond motifs is 1. The lowest BCUT2D eigenvalue weighted by molar-refractivity contribution is 0.0956. The molecule has 0 aromatic heterocycles. The van der Waals surface area contributed by atoms with Crippen molar-refractivity contribution >= 4 is 5.78 Å². The summed E-state index contributed by atoms with van der Waals surface area (Å²) in [5, 5.41) is 0. The zero-order chi connectivity index (χ0) is 17.1. The summed E-state index contributed by atoms with van der Waals surface area (Å²) >= 11 is 0. The van der Waals surface area contributed by atoms with Crippen LogP contribution in [0, 0.1) is 11.8 Å². The average molecular weight is 331 g/mol. The van der Waals surface area contributed by atoms with E-state index in [-0.39, 0.29) is 5.78 Å². The Bertz CT molecular complexity index is 737. The van der Waals surface area contributed by atoms with Gasteiger partial charge in [-0.25, -0.2) is 0 Å². The number of ketones is 1. The maximum atomic E-state index is 12.7. The molecule has 128 valence electrons. The predicted molar refractivity (Wildman–Crippen MR) is 101 cm³/mol. The first-order chi connectivity index (χ1) is 12.3. The maximum Gasteiger partial charge on any atom is 0.163 e. The van der Waals surface area contributed by atoms with Crippen molar-refractivity contribution in [2.75, 3.05) is 6.54 Å². The molecular weight excluding hydrogens is 306 g/mol. The van der Waals surface area contributed by atoms with Crippen LogP contribution in [0.4, 0.5) is 0 Å². The number of carbonyl (C=O) groups excluding carboxylic acids is 1. The summed E-state index contributed by atoms with van der Waals surface area (Å²) in [6, 6.07) is 21.0. The van der Waals surface area contributed by atoms with E-state index in [4.69, 9.17) is 0 Å². The molecule has 25 heavy (non-hydrogen) atoms. The molecule has 0 bridgehead atoms. The summed E-state index contributed by atoms with van der Waals surface area (Å²) in [6.07, 6.45) is 7.71. The van der Waals surface area contributed by atoms with Crippen LogP contribution in [0.15, 0.2) is 72.8 Å². The molecule has 1 aliphatic carbocycles. The number of carbonyl (C=O) groups is 1. The summed E-state index contributed by atoms with van der Waals surface area (Å²) in [5.74, 6) is 1.23. The number of nitrogens with zero attached hydrogens (tertiary/aromatic N) is 1. The van der Waals surface area contributed by atoms with Crippen LogP contribution in [0.2, 0.25) is 0 Å². The fourth-order valence-electron chi connectivity index (χ4n) is 4.48. The molecule has 1 saturated heterocycles. The van der Waals surface area contributed by atoms with E-state index in [0.29, 0.717) is 24.3 Å². The van der Waals surface area contributed by atoms with E-state index >= 15 is 0 Å². The van der Waals surface area contributed by atoms with E-state index in [1.807, 2.05) is 30.3 Å². The molecule has 4 rings (SSSR count). The first kappa shape index (κ1) is 16.3. The van der Waals surface area contributed by atoms with Gasteiger partial charge in [-0.05, 0) is 30.2 Å². The number of hydrogen-bond donors (Lipinski definition) is 0. The van der Waals surface area contributed by atoms with Gasteiger partial charge in [0.25, 0.3) is 0 Å². The lowest BCUT2D eigenvalue weighted by Crippen LogP contribution is -2.33. The Morgan fingerprint density at radius 1 is 1.00 bits per heavy atom. The van der Waals surface area contributed by atoms with Gasteiger partial charge in [0.2, 0.25) is 0 Å². The molecule has 2 aliphatic rings. The number of hydrogen-bond acceptors (Lipinski definition) is 2.